The zero-order valence-electron chi connectivity index (χ0n) is 11.0. The second kappa shape index (κ2) is 7.17. The minimum Gasteiger partial charge on any atom is -0.329 e. The van der Waals surface area contributed by atoms with Crippen molar-refractivity contribution >= 4 is 0 Å². The SMILES string of the molecule is CC.CCCC1(CN)CC(C(F)F)CN1C. The molecular weight excluding hydrogens is 210 g/mol. The summed E-state index contributed by atoms with van der Waals surface area (Å²) in [5.74, 6) is -0.491. The third-order valence-corrected chi connectivity index (χ3v) is 3.41. The molecule has 2 atom stereocenters. The van der Waals surface area contributed by atoms with Gasteiger partial charge in [-0.25, -0.2) is 8.78 Å². The smallest absolute Gasteiger partial charge is 0.242 e. The first-order chi connectivity index (χ1) is 7.55. The van der Waals surface area contributed by atoms with Crippen LogP contribution in [0.1, 0.15) is 40.0 Å². The van der Waals surface area contributed by atoms with Crippen LogP contribution in [0.5, 0.6) is 0 Å². The van der Waals surface area contributed by atoms with Crippen molar-refractivity contribution in [3.8, 4) is 0 Å². The van der Waals surface area contributed by atoms with E-state index in [0.29, 0.717) is 19.5 Å². The summed E-state index contributed by atoms with van der Waals surface area (Å²) < 4.78 is 25.1. The van der Waals surface area contributed by atoms with Gasteiger partial charge in [0.05, 0.1) is 0 Å². The molecule has 98 valence electrons. The minimum absolute atomic E-state index is 0.171. The Morgan fingerprint density at radius 3 is 2.31 bits per heavy atom. The van der Waals surface area contributed by atoms with Gasteiger partial charge in [-0.2, -0.15) is 0 Å². The Kier molecular flexibility index (Phi) is 7.07. The predicted molar refractivity (Wildman–Crippen MR) is 64.8 cm³/mol. The molecule has 4 heteroatoms. The average Bonchev–Trinajstić information content (AvgIpc) is 2.61. The lowest BCUT2D eigenvalue weighted by Gasteiger charge is -2.34. The van der Waals surface area contributed by atoms with Crippen LogP contribution in [0.4, 0.5) is 8.78 Å². The number of nitrogens with zero attached hydrogens (tertiary/aromatic N) is 1. The monoisotopic (exact) mass is 236 g/mol. The van der Waals surface area contributed by atoms with Gasteiger partial charge in [0.1, 0.15) is 0 Å². The Bertz CT molecular complexity index is 188. The first-order valence-corrected chi connectivity index (χ1v) is 6.25. The van der Waals surface area contributed by atoms with Crippen molar-refractivity contribution in [1.82, 2.24) is 4.90 Å². The van der Waals surface area contributed by atoms with Crippen LogP contribution in [0, 0.1) is 5.92 Å². The summed E-state index contributed by atoms with van der Waals surface area (Å²) in [7, 11) is 1.91. The molecule has 0 amide bonds. The van der Waals surface area contributed by atoms with Crippen LogP contribution < -0.4 is 5.73 Å². The van der Waals surface area contributed by atoms with E-state index in [1.54, 1.807) is 0 Å². The van der Waals surface area contributed by atoms with Gasteiger partial charge >= 0.3 is 0 Å². The Hall–Kier alpha value is -0.220. The van der Waals surface area contributed by atoms with Gasteiger partial charge in [-0.1, -0.05) is 27.2 Å². The molecule has 1 aliphatic heterocycles. The van der Waals surface area contributed by atoms with Gasteiger partial charge in [0.25, 0.3) is 0 Å². The molecule has 0 radical (unpaired) electrons. The van der Waals surface area contributed by atoms with Crippen LogP contribution in [-0.4, -0.2) is 37.0 Å². The molecule has 16 heavy (non-hydrogen) atoms. The van der Waals surface area contributed by atoms with Crippen molar-refractivity contribution in [1.29, 1.82) is 0 Å². The summed E-state index contributed by atoms with van der Waals surface area (Å²) in [4.78, 5) is 2.02. The van der Waals surface area contributed by atoms with Crippen LogP contribution >= 0.6 is 0 Å². The van der Waals surface area contributed by atoms with E-state index in [1.807, 2.05) is 25.8 Å². The highest BCUT2D eigenvalue weighted by atomic mass is 19.3. The Morgan fingerprint density at radius 2 is 2.00 bits per heavy atom. The lowest BCUT2D eigenvalue weighted by atomic mass is 9.88. The van der Waals surface area contributed by atoms with Crippen molar-refractivity contribution in [2.45, 2.75) is 52.0 Å². The molecule has 1 heterocycles. The Morgan fingerprint density at radius 1 is 1.44 bits per heavy atom. The molecule has 2 unspecified atom stereocenters. The summed E-state index contributed by atoms with van der Waals surface area (Å²) in [6.07, 6.45) is 0.259. The topological polar surface area (TPSA) is 29.3 Å². The second-order valence-corrected chi connectivity index (χ2v) is 4.36. The van der Waals surface area contributed by atoms with Crippen molar-refractivity contribution in [3.05, 3.63) is 0 Å². The van der Waals surface area contributed by atoms with E-state index in [4.69, 9.17) is 5.73 Å². The van der Waals surface area contributed by atoms with E-state index in [-0.39, 0.29) is 5.54 Å². The van der Waals surface area contributed by atoms with Crippen LogP contribution in [0.3, 0.4) is 0 Å². The number of alkyl halides is 2. The number of likely N-dealkylation sites (N-methyl/N-ethyl adjacent to an activating group) is 1. The van der Waals surface area contributed by atoms with Gasteiger partial charge in [-0.3, -0.25) is 4.90 Å². The summed E-state index contributed by atoms with van der Waals surface area (Å²) in [6, 6.07) is 0. The first kappa shape index (κ1) is 15.8. The molecule has 1 aliphatic rings. The molecule has 0 spiro atoms. The highest BCUT2D eigenvalue weighted by Gasteiger charge is 2.44. The normalized spacial score (nSPS) is 30.4. The summed E-state index contributed by atoms with van der Waals surface area (Å²) >= 11 is 0. The molecule has 0 aromatic heterocycles. The number of hydrogen-bond acceptors (Lipinski definition) is 2. The summed E-state index contributed by atoms with van der Waals surface area (Å²) in [5.41, 5.74) is 5.55. The quantitative estimate of drug-likeness (QED) is 0.813. The molecule has 0 bridgehead atoms. The van der Waals surface area contributed by atoms with E-state index in [9.17, 15) is 8.78 Å². The fraction of sp³-hybridized carbons (Fsp3) is 1.00. The third kappa shape index (κ3) is 3.39. The first-order valence-electron chi connectivity index (χ1n) is 6.25. The number of halogens is 2. The van der Waals surface area contributed by atoms with Gasteiger partial charge in [0.2, 0.25) is 6.43 Å². The molecule has 0 aromatic rings. The van der Waals surface area contributed by atoms with Gasteiger partial charge in [0, 0.05) is 24.5 Å². The zero-order valence-corrected chi connectivity index (χ0v) is 11.0. The van der Waals surface area contributed by atoms with E-state index < -0.39 is 12.3 Å². The standard InChI is InChI=1S/C10H20F2N2.C2H6/c1-3-4-10(7-13)5-8(9(11)12)6-14(10)2;1-2/h8-9H,3-7,13H2,1-2H3;1-2H3. The lowest BCUT2D eigenvalue weighted by molar-refractivity contribution is 0.0816. The maximum absolute atomic E-state index is 12.6. The van der Waals surface area contributed by atoms with E-state index in [1.165, 1.54) is 0 Å². The summed E-state index contributed by atoms with van der Waals surface area (Å²) in [6.45, 7) is 7.04. The minimum atomic E-state index is -2.21. The lowest BCUT2D eigenvalue weighted by Crippen LogP contribution is -2.47. The number of nitrogens with two attached hydrogens (primary N) is 1. The predicted octanol–water partition coefficient (Wildman–Crippen LogP) is 2.73. The van der Waals surface area contributed by atoms with Gasteiger partial charge in [-0.05, 0) is 19.9 Å². The van der Waals surface area contributed by atoms with Crippen molar-refractivity contribution in [3.63, 3.8) is 0 Å². The molecule has 1 rings (SSSR count). The van der Waals surface area contributed by atoms with Gasteiger partial charge in [-0.15, -0.1) is 0 Å². The third-order valence-electron chi connectivity index (χ3n) is 3.41. The largest absolute Gasteiger partial charge is 0.329 e. The maximum Gasteiger partial charge on any atom is 0.242 e. The van der Waals surface area contributed by atoms with E-state index in [0.717, 1.165) is 12.8 Å². The second-order valence-electron chi connectivity index (χ2n) is 4.36. The molecule has 1 saturated heterocycles. The number of rotatable bonds is 4. The molecule has 0 aromatic carbocycles. The van der Waals surface area contributed by atoms with E-state index >= 15 is 0 Å². The highest BCUT2D eigenvalue weighted by molar-refractivity contribution is 4.99. The Labute approximate surface area is 98.2 Å². The van der Waals surface area contributed by atoms with Crippen LogP contribution in [0.2, 0.25) is 0 Å². The van der Waals surface area contributed by atoms with Crippen LogP contribution in [0.15, 0.2) is 0 Å². The highest BCUT2D eigenvalue weighted by Crippen LogP contribution is 2.37. The fourth-order valence-electron chi connectivity index (χ4n) is 2.52. The zero-order chi connectivity index (χ0) is 12.8. The molecule has 0 aliphatic carbocycles. The number of hydrogen-bond donors (Lipinski definition) is 1. The average molecular weight is 236 g/mol. The van der Waals surface area contributed by atoms with Gasteiger partial charge < -0.3 is 5.73 Å². The molecule has 2 nitrogen and oxygen atoms in total. The molecule has 1 fully saturated rings. The molecular formula is C12H26F2N2. The van der Waals surface area contributed by atoms with Crippen molar-refractivity contribution < 1.29 is 8.78 Å². The van der Waals surface area contributed by atoms with Crippen LogP contribution in [0.25, 0.3) is 0 Å². The van der Waals surface area contributed by atoms with Crippen molar-refractivity contribution in [2.75, 3.05) is 20.1 Å². The maximum atomic E-state index is 12.6. The molecule has 0 saturated carbocycles. The van der Waals surface area contributed by atoms with Crippen molar-refractivity contribution in [2.24, 2.45) is 11.7 Å². The van der Waals surface area contributed by atoms with Crippen LogP contribution in [-0.2, 0) is 0 Å². The van der Waals surface area contributed by atoms with Gasteiger partial charge in [0.15, 0.2) is 0 Å². The molecule has 2 N–H and O–H groups in total. The number of likely N-dealkylation sites (tertiary alicyclic amines) is 1. The fourth-order valence-corrected chi connectivity index (χ4v) is 2.52. The van der Waals surface area contributed by atoms with E-state index in [2.05, 4.69) is 6.92 Å². The Balaban J connectivity index is 0.00000106. The summed E-state index contributed by atoms with van der Waals surface area (Å²) in [5, 5.41) is 0.